The Morgan fingerprint density at radius 3 is 2.48 bits per heavy atom. The lowest BCUT2D eigenvalue weighted by molar-refractivity contribution is 0.0867. The molecule has 40 heavy (non-hydrogen) atoms. The van der Waals surface area contributed by atoms with Crippen LogP contribution in [0, 0.1) is 0 Å². The number of fused-ring (bicyclic) bond motifs is 1. The second-order valence-corrected chi connectivity index (χ2v) is 10.2. The van der Waals surface area contributed by atoms with Crippen LogP contribution in [0.25, 0.3) is 10.8 Å². The molecule has 5 rings (SSSR count). The van der Waals surface area contributed by atoms with Gasteiger partial charge in [-0.2, -0.15) is 0 Å². The molecule has 1 heterocycles. The highest BCUT2D eigenvalue weighted by Gasteiger charge is 2.25. The minimum absolute atomic E-state index is 0.267. The molecule has 4 aromatic rings. The zero-order chi connectivity index (χ0) is 27.6. The molecule has 1 fully saturated rings. The molecular formula is C34H40N2O4. The monoisotopic (exact) mass is 540 g/mol. The molecule has 0 bridgehead atoms. The maximum atomic E-state index is 6.06. The molecule has 6 nitrogen and oxygen atoms in total. The van der Waals surface area contributed by atoms with Crippen LogP contribution < -0.4 is 19.7 Å². The molecule has 0 amide bonds. The quantitative estimate of drug-likeness (QED) is 0.187. The van der Waals surface area contributed by atoms with Crippen LogP contribution in [-0.2, 0) is 16.1 Å². The summed E-state index contributed by atoms with van der Waals surface area (Å²) in [5, 5.41) is 6.48. The fraction of sp³-hybridized carbons (Fsp3) is 0.353. The molecule has 0 unspecified atom stereocenters. The molecule has 4 aromatic carbocycles. The van der Waals surface area contributed by atoms with Crippen LogP contribution in [0.4, 0.5) is 5.69 Å². The van der Waals surface area contributed by atoms with E-state index >= 15 is 0 Å². The van der Waals surface area contributed by atoms with Gasteiger partial charge in [0.05, 0.1) is 19.8 Å². The molecule has 0 spiro atoms. The molecule has 1 saturated heterocycles. The molecule has 0 aliphatic carbocycles. The SMILES string of the molecule is COCCOc1cc(N2CC[C@H](N[C@H](C)c3cccc4ccccc34)C2)ccc1OCCOCc1ccccc1. The molecule has 0 radical (unpaired) electrons. The average Bonchev–Trinajstić information content (AvgIpc) is 3.46. The lowest BCUT2D eigenvalue weighted by Gasteiger charge is -2.23. The summed E-state index contributed by atoms with van der Waals surface area (Å²) in [6.45, 7) is 6.72. The highest BCUT2D eigenvalue weighted by Crippen LogP contribution is 2.34. The number of anilines is 1. The lowest BCUT2D eigenvalue weighted by atomic mass is 9.99. The first-order valence-electron chi connectivity index (χ1n) is 14.2. The number of methoxy groups -OCH3 is 1. The van der Waals surface area contributed by atoms with Gasteiger partial charge in [-0.25, -0.2) is 0 Å². The average molecular weight is 541 g/mol. The Morgan fingerprint density at radius 1 is 0.825 bits per heavy atom. The van der Waals surface area contributed by atoms with Gasteiger partial charge in [0.1, 0.15) is 13.2 Å². The zero-order valence-corrected chi connectivity index (χ0v) is 23.6. The summed E-state index contributed by atoms with van der Waals surface area (Å²) in [7, 11) is 1.68. The molecule has 210 valence electrons. The van der Waals surface area contributed by atoms with Gasteiger partial charge in [0.2, 0.25) is 0 Å². The Labute approximate surface area is 237 Å². The predicted molar refractivity (Wildman–Crippen MR) is 162 cm³/mol. The number of nitrogens with one attached hydrogen (secondary N) is 1. The molecule has 1 aliphatic heterocycles. The van der Waals surface area contributed by atoms with Gasteiger partial charge in [0.25, 0.3) is 0 Å². The molecule has 6 heteroatoms. The van der Waals surface area contributed by atoms with Crippen molar-refractivity contribution in [2.24, 2.45) is 0 Å². The van der Waals surface area contributed by atoms with Gasteiger partial charge in [-0.05, 0) is 47.4 Å². The number of nitrogens with zero attached hydrogens (tertiary/aromatic N) is 1. The second-order valence-electron chi connectivity index (χ2n) is 10.2. The van der Waals surface area contributed by atoms with Crippen LogP contribution in [0.2, 0.25) is 0 Å². The number of hydrogen-bond acceptors (Lipinski definition) is 6. The Bertz CT molecular complexity index is 1340. The fourth-order valence-electron chi connectivity index (χ4n) is 5.34. The van der Waals surface area contributed by atoms with Gasteiger partial charge in [0, 0.05) is 44.0 Å². The van der Waals surface area contributed by atoms with E-state index in [1.807, 2.05) is 24.3 Å². The Morgan fingerprint density at radius 2 is 1.60 bits per heavy atom. The smallest absolute Gasteiger partial charge is 0.163 e. The van der Waals surface area contributed by atoms with Crippen molar-refractivity contribution in [3.63, 3.8) is 0 Å². The maximum absolute atomic E-state index is 6.06. The molecule has 1 aliphatic rings. The summed E-state index contributed by atoms with van der Waals surface area (Å²) in [6.07, 6.45) is 1.09. The van der Waals surface area contributed by atoms with Gasteiger partial charge < -0.3 is 29.2 Å². The lowest BCUT2D eigenvalue weighted by Crippen LogP contribution is -2.34. The fourth-order valence-corrected chi connectivity index (χ4v) is 5.34. The zero-order valence-electron chi connectivity index (χ0n) is 23.6. The van der Waals surface area contributed by atoms with Gasteiger partial charge >= 0.3 is 0 Å². The second kappa shape index (κ2) is 14.2. The first kappa shape index (κ1) is 28.0. The van der Waals surface area contributed by atoms with Crippen molar-refractivity contribution in [1.29, 1.82) is 0 Å². The summed E-state index contributed by atoms with van der Waals surface area (Å²) in [5.41, 5.74) is 3.64. The van der Waals surface area contributed by atoms with Crippen molar-refractivity contribution in [3.05, 3.63) is 102 Å². The van der Waals surface area contributed by atoms with Crippen LogP contribution in [0.15, 0.2) is 91.0 Å². The molecule has 2 atom stereocenters. The van der Waals surface area contributed by atoms with Crippen molar-refractivity contribution in [1.82, 2.24) is 5.32 Å². The van der Waals surface area contributed by atoms with E-state index in [0.29, 0.717) is 39.1 Å². The van der Waals surface area contributed by atoms with Crippen LogP contribution in [0.5, 0.6) is 11.5 Å². The van der Waals surface area contributed by atoms with Crippen molar-refractivity contribution in [2.75, 3.05) is 51.5 Å². The predicted octanol–water partition coefficient (Wildman–Crippen LogP) is 6.39. The molecule has 0 aromatic heterocycles. The first-order chi connectivity index (χ1) is 19.7. The van der Waals surface area contributed by atoms with E-state index in [4.69, 9.17) is 18.9 Å². The van der Waals surface area contributed by atoms with Crippen molar-refractivity contribution in [2.45, 2.75) is 32.0 Å². The van der Waals surface area contributed by atoms with E-state index in [0.717, 1.165) is 42.3 Å². The standard InChI is InChI=1S/C34H40N2O4/c1-26(31-14-8-12-28-11-6-7-13-32(28)31)35-29-17-18-36(24-29)30-15-16-33(34(23-30)40-21-19-37-2)39-22-20-38-25-27-9-4-3-5-10-27/h3-16,23,26,29,35H,17-22,24-25H2,1-2H3/t26-,29+/m1/s1. The normalized spacial score (nSPS) is 15.8. The van der Waals surface area contributed by atoms with Crippen LogP contribution >= 0.6 is 0 Å². The summed E-state index contributed by atoms with van der Waals surface area (Å²) < 4.78 is 23.1. The van der Waals surface area contributed by atoms with Crippen molar-refractivity contribution in [3.8, 4) is 11.5 Å². The third-order valence-corrected chi connectivity index (χ3v) is 7.40. The van der Waals surface area contributed by atoms with E-state index in [1.165, 1.54) is 16.3 Å². The van der Waals surface area contributed by atoms with Crippen LogP contribution in [0.1, 0.15) is 30.5 Å². The Kier molecular flexibility index (Phi) is 9.91. The highest BCUT2D eigenvalue weighted by molar-refractivity contribution is 5.86. The topological polar surface area (TPSA) is 52.2 Å². The Hall–Kier alpha value is -3.58. The van der Waals surface area contributed by atoms with Gasteiger partial charge in [-0.15, -0.1) is 0 Å². The van der Waals surface area contributed by atoms with E-state index < -0.39 is 0 Å². The number of ether oxygens (including phenoxy) is 4. The minimum Gasteiger partial charge on any atom is -0.487 e. The minimum atomic E-state index is 0.267. The van der Waals surface area contributed by atoms with Crippen LogP contribution in [-0.4, -0.2) is 52.7 Å². The summed E-state index contributed by atoms with van der Waals surface area (Å²) >= 11 is 0. The van der Waals surface area contributed by atoms with Gasteiger partial charge in [0.15, 0.2) is 11.5 Å². The summed E-state index contributed by atoms with van der Waals surface area (Å²) in [5.74, 6) is 1.46. The van der Waals surface area contributed by atoms with Crippen molar-refractivity contribution < 1.29 is 18.9 Å². The molecule has 1 N–H and O–H groups in total. The highest BCUT2D eigenvalue weighted by atomic mass is 16.5. The molecular weight excluding hydrogens is 500 g/mol. The number of rotatable bonds is 14. The summed E-state index contributed by atoms with van der Waals surface area (Å²) in [4.78, 5) is 2.42. The van der Waals surface area contributed by atoms with Gasteiger partial charge in [-0.3, -0.25) is 0 Å². The largest absolute Gasteiger partial charge is 0.487 e. The maximum Gasteiger partial charge on any atom is 0.163 e. The van der Waals surface area contributed by atoms with Crippen LogP contribution in [0.3, 0.4) is 0 Å². The Balaban J connectivity index is 1.18. The van der Waals surface area contributed by atoms with E-state index in [1.54, 1.807) is 7.11 Å². The summed E-state index contributed by atoms with van der Waals surface area (Å²) in [6, 6.07) is 32.2. The first-order valence-corrected chi connectivity index (χ1v) is 14.2. The van der Waals surface area contributed by atoms with E-state index in [-0.39, 0.29) is 6.04 Å². The third kappa shape index (κ3) is 7.33. The van der Waals surface area contributed by atoms with E-state index in [9.17, 15) is 0 Å². The molecule has 0 saturated carbocycles. The number of benzene rings is 4. The van der Waals surface area contributed by atoms with Crippen molar-refractivity contribution >= 4 is 16.5 Å². The van der Waals surface area contributed by atoms with Gasteiger partial charge in [-0.1, -0.05) is 72.8 Å². The third-order valence-electron chi connectivity index (χ3n) is 7.40. The number of hydrogen-bond donors (Lipinski definition) is 1. The van der Waals surface area contributed by atoms with E-state index in [2.05, 4.69) is 83.9 Å².